The Hall–Kier alpha value is -1.85. The van der Waals surface area contributed by atoms with Crippen molar-refractivity contribution in [1.82, 2.24) is 9.55 Å². The largest absolute Gasteiger partial charge is 0.463 e. The van der Waals surface area contributed by atoms with E-state index in [1.807, 2.05) is 0 Å². The molecule has 0 amide bonds. The summed E-state index contributed by atoms with van der Waals surface area (Å²) in [5.41, 5.74) is 0.918. The maximum Gasteiger partial charge on any atom is 0.420 e. The van der Waals surface area contributed by atoms with Crippen LogP contribution in [0.15, 0.2) is 0 Å². The van der Waals surface area contributed by atoms with E-state index in [2.05, 4.69) is 9.72 Å². The smallest absolute Gasteiger partial charge is 0.420 e. The average Bonchev–Trinajstić information content (AvgIpc) is 2.84. The van der Waals surface area contributed by atoms with Gasteiger partial charge in [-0.3, -0.25) is 0 Å². The number of carbonyl (C=O) groups is 2. The first kappa shape index (κ1) is 13.6. The molecule has 0 bridgehead atoms. The summed E-state index contributed by atoms with van der Waals surface area (Å²) in [6.07, 6.45) is 1.85. The molecule has 1 heterocycles. The van der Waals surface area contributed by atoms with Gasteiger partial charge in [-0.15, -0.1) is 0 Å². The van der Waals surface area contributed by atoms with E-state index in [0.717, 1.165) is 30.7 Å². The number of carbonyl (C=O) groups excluding carboxylic acids is 2. The van der Waals surface area contributed by atoms with Crippen molar-refractivity contribution in [2.24, 2.45) is 0 Å². The number of aromatic nitrogens is 2. The zero-order chi connectivity index (χ0) is 14.2. The highest BCUT2D eigenvalue weighted by Crippen LogP contribution is 2.24. The molecule has 1 aliphatic carbocycles. The van der Waals surface area contributed by atoms with Crippen molar-refractivity contribution in [3.63, 3.8) is 0 Å². The third-order valence-corrected chi connectivity index (χ3v) is 2.83. The Bertz CT molecular complexity index is 525. The van der Waals surface area contributed by atoms with E-state index in [1.54, 1.807) is 20.8 Å². The van der Waals surface area contributed by atoms with E-state index in [9.17, 15) is 9.59 Å². The fourth-order valence-corrected chi connectivity index (χ4v) is 2.11. The molecule has 0 aliphatic heterocycles. The van der Waals surface area contributed by atoms with Crippen LogP contribution in [0.3, 0.4) is 0 Å². The van der Waals surface area contributed by atoms with Crippen LogP contribution in [0.5, 0.6) is 0 Å². The first-order chi connectivity index (χ1) is 8.83. The van der Waals surface area contributed by atoms with Crippen LogP contribution in [0, 0.1) is 0 Å². The second kappa shape index (κ2) is 4.68. The fourth-order valence-electron chi connectivity index (χ4n) is 2.11. The van der Waals surface area contributed by atoms with Gasteiger partial charge in [0, 0.05) is 0 Å². The van der Waals surface area contributed by atoms with Crippen LogP contribution in [-0.4, -0.2) is 34.3 Å². The minimum absolute atomic E-state index is 0.00134. The lowest BCUT2D eigenvalue weighted by molar-refractivity contribution is 0.0475. The van der Waals surface area contributed by atoms with E-state index >= 15 is 0 Å². The van der Waals surface area contributed by atoms with Crippen molar-refractivity contribution in [2.45, 2.75) is 45.6 Å². The van der Waals surface area contributed by atoms with Crippen LogP contribution >= 0.6 is 0 Å². The number of esters is 1. The van der Waals surface area contributed by atoms with Crippen molar-refractivity contribution in [3.8, 4) is 0 Å². The molecule has 1 aromatic heterocycles. The van der Waals surface area contributed by atoms with E-state index in [0.29, 0.717) is 0 Å². The van der Waals surface area contributed by atoms with Crippen molar-refractivity contribution in [2.75, 3.05) is 7.11 Å². The molecule has 1 aliphatic rings. The summed E-state index contributed by atoms with van der Waals surface area (Å²) < 4.78 is 11.2. The molecule has 0 spiro atoms. The molecule has 104 valence electrons. The monoisotopic (exact) mass is 266 g/mol. The fraction of sp³-hybridized carbons (Fsp3) is 0.615. The molecule has 0 saturated heterocycles. The summed E-state index contributed by atoms with van der Waals surface area (Å²) in [5.74, 6) is -0.623. The molecule has 6 nitrogen and oxygen atoms in total. The lowest BCUT2D eigenvalue weighted by atomic mass is 10.2. The lowest BCUT2D eigenvalue weighted by Crippen LogP contribution is -2.30. The molecule has 0 fully saturated rings. The van der Waals surface area contributed by atoms with Crippen molar-refractivity contribution >= 4 is 12.1 Å². The highest BCUT2D eigenvalue weighted by molar-refractivity contribution is 5.90. The third-order valence-electron chi connectivity index (χ3n) is 2.83. The van der Waals surface area contributed by atoms with E-state index in [-0.39, 0.29) is 5.82 Å². The van der Waals surface area contributed by atoms with Gasteiger partial charge in [-0.25, -0.2) is 19.1 Å². The number of aryl methyl sites for hydroxylation is 1. The summed E-state index contributed by atoms with van der Waals surface area (Å²) in [6.45, 7) is 5.33. The van der Waals surface area contributed by atoms with Crippen molar-refractivity contribution in [1.29, 1.82) is 0 Å². The Morgan fingerprint density at radius 2 is 1.95 bits per heavy atom. The maximum atomic E-state index is 12.2. The molecule has 2 rings (SSSR count). The number of hydrogen-bond acceptors (Lipinski definition) is 5. The number of methoxy groups -OCH3 is 1. The van der Waals surface area contributed by atoms with Gasteiger partial charge in [0.05, 0.1) is 18.5 Å². The summed E-state index contributed by atoms with van der Waals surface area (Å²) in [5, 5.41) is 0. The normalized spacial score (nSPS) is 14.1. The molecule has 6 heteroatoms. The molecule has 1 aromatic rings. The van der Waals surface area contributed by atoms with Gasteiger partial charge in [-0.05, 0) is 40.0 Å². The number of fused-ring (bicyclic) bond motifs is 1. The van der Waals surface area contributed by atoms with Crippen molar-refractivity contribution in [3.05, 3.63) is 17.2 Å². The molecular formula is C13H18N2O4. The Labute approximate surface area is 111 Å². The Balaban J connectivity index is 2.42. The topological polar surface area (TPSA) is 70.4 Å². The Morgan fingerprint density at radius 1 is 1.26 bits per heavy atom. The first-order valence-electron chi connectivity index (χ1n) is 6.25. The van der Waals surface area contributed by atoms with Gasteiger partial charge < -0.3 is 9.47 Å². The lowest BCUT2D eigenvalue weighted by Gasteiger charge is -2.20. The number of ether oxygens (including phenoxy) is 2. The van der Waals surface area contributed by atoms with Crippen LogP contribution in [0.4, 0.5) is 4.79 Å². The standard InChI is InChI=1S/C13H18N2O4/c1-13(2,3)19-12(17)15-9-7-5-6-8(9)14-10(15)11(16)18-4/h5-7H2,1-4H3. The van der Waals surface area contributed by atoms with Gasteiger partial charge >= 0.3 is 12.1 Å². The van der Waals surface area contributed by atoms with Crippen molar-refractivity contribution < 1.29 is 19.1 Å². The minimum Gasteiger partial charge on any atom is -0.463 e. The molecule has 0 aromatic carbocycles. The van der Waals surface area contributed by atoms with Gasteiger partial charge in [-0.1, -0.05) is 0 Å². The van der Waals surface area contributed by atoms with Crippen LogP contribution in [0.1, 0.15) is 49.2 Å². The molecule has 0 N–H and O–H groups in total. The third kappa shape index (κ3) is 2.62. The molecule has 0 atom stereocenters. The highest BCUT2D eigenvalue weighted by atomic mass is 16.6. The number of rotatable bonds is 1. The predicted octanol–water partition coefficient (Wildman–Crippen LogP) is 1.94. The first-order valence-corrected chi connectivity index (χ1v) is 6.25. The molecule has 19 heavy (non-hydrogen) atoms. The Morgan fingerprint density at radius 3 is 2.53 bits per heavy atom. The van der Waals surface area contributed by atoms with Gasteiger partial charge in [-0.2, -0.15) is 0 Å². The average molecular weight is 266 g/mol. The molecule has 0 unspecified atom stereocenters. The van der Waals surface area contributed by atoms with Gasteiger partial charge in [0.25, 0.3) is 0 Å². The van der Waals surface area contributed by atoms with Crippen LogP contribution in [-0.2, 0) is 22.3 Å². The SMILES string of the molecule is COC(=O)c1nc2c(n1C(=O)OC(C)(C)C)CCC2. The Kier molecular flexibility index (Phi) is 3.34. The number of nitrogens with zero attached hydrogens (tertiary/aromatic N) is 2. The highest BCUT2D eigenvalue weighted by Gasteiger charge is 2.31. The van der Waals surface area contributed by atoms with Crippen LogP contribution in [0.25, 0.3) is 0 Å². The van der Waals surface area contributed by atoms with Gasteiger partial charge in [0.2, 0.25) is 5.82 Å². The molecule has 0 saturated carbocycles. The van der Waals surface area contributed by atoms with E-state index in [1.165, 1.54) is 11.7 Å². The maximum absolute atomic E-state index is 12.2. The number of hydrogen-bond donors (Lipinski definition) is 0. The summed E-state index contributed by atoms with van der Waals surface area (Å²) in [6, 6.07) is 0. The zero-order valence-corrected chi connectivity index (χ0v) is 11.6. The zero-order valence-electron chi connectivity index (χ0n) is 11.6. The van der Waals surface area contributed by atoms with Gasteiger partial charge in [0.15, 0.2) is 0 Å². The summed E-state index contributed by atoms with van der Waals surface area (Å²) in [7, 11) is 1.27. The minimum atomic E-state index is -0.625. The summed E-state index contributed by atoms with van der Waals surface area (Å²) >= 11 is 0. The molecule has 0 radical (unpaired) electrons. The predicted molar refractivity (Wildman–Crippen MR) is 67.2 cm³/mol. The second-order valence-corrected chi connectivity index (χ2v) is 5.49. The molecular weight excluding hydrogens is 248 g/mol. The van der Waals surface area contributed by atoms with Crippen LogP contribution in [0.2, 0.25) is 0 Å². The summed E-state index contributed by atoms with van der Waals surface area (Å²) in [4.78, 5) is 28.1. The van der Waals surface area contributed by atoms with E-state index in [4.69, 9.17) is 4.74 Å². The number of imidazole rings is 1. The van der Waals surface area contributed by atoms with Gasteiger partial charge in [0.1, 0.15) is 5.60 Å². The quantitative estimate of drug-likeness (QED) is 0.726. The second-order valence-electron chi connectivity index (χ2n) is 5.49. The van der Waals surface area contributed by atoms with E-state index < -0.39 is 17.7 Å². The van der Waals surface area contributed by atoms with Crippen LogP contribution < -0.4 is 0 Å².